The van der Waals surface area contributed by atoms with E-state index >= 15 is 0 Å². The summed E-state index contributed by atoms with van der Waals surface area (Å²) in [5.74, 6) is -17.8. The van der Waals surface area contributed by atoms with Crippen molar-refractivity contribution in [1.82, 2.24) is 58.2 Å². The molecule has 0 unspecified atom stereocenters. The summed E-state index contributed by atoms with van der Waals surface area (Å²) < 4.78 is 0. The molecule has 0 spiro atoms. The first-order valence-corrected chi connectivity index (χ1v) is 28.7. The maximum absolute atomic E-state index is 14.2. The second-order valence-corrected chi connectivity index (χ2v) is 21.5. The minimum absolute atomic E-state index is 0.156. The zero-order chi connectivity index (χ0) is 67.7. The van der Waals surface area contributed by atoms with Crippen molar-refractivity contribution in [1.29, 1.82) is 0 Å². The number of H-pyrrole nitrogens is 1. The van der Waals surface area contributed by atoms with Crippen LogP contribution in [0.25, 0.3) is 10.9 Å². The van der Waals surface area contributed by atoms with E-state index in [0.717, 1.165) is 12.4 Å². The molecule has 33 heteroatoms. The van der Waals surface area contributed by atoms with Crippen LogP contribution in [-0.4, -0.2) is 215 Å². The average molecular weight is 1270 g/mol. The largest absolute Gasteiger partial charge is 0.508 e. The van der Waals surface area contributed by atoms with Gasteiger partial charge in [0.1, 0.15) is 66.2 Å². The number of carboxylic acid groups (broad SMARTS) is 3. The Kier molecular flexibility index (Phi) is 30.2. The van der Waals surface area contributed by atoms with Gasteiger partial charge in [-0.15, -0.1) is 0 Å². The van der Waals surface area contributed by atoms with Crippen molar-refractivity contribution in [3.05, 3.63) is 65.9 Å². The van der Waals surface area contributed by atoms with Crippen LogP contribution >= 0.6 is 0 Å². The molecular formula is C57H82N12O21. The van der Waals surface area contributed by atoms with Gasteiger partial charge in [0, 0.05) is 36.4 Å². The van der Waals surface area contributed by atoms with Crippen LogP contribution in [0.5, 0.6) is 5.75 Å². The number of aromatic amines is 1. The Balaban J connectivity index is 1.83. The molecular weight excluding hydrogens is 1190 g/mol. The molecule has 0 aliphatic carbocycles. The van der Waals surface area contributed by atoms with Crippen molar-refractivity contribution < 1.29 is 103 Å². The van der Waals surface area contributed by atoms with Crippen LogP contribution in [0.15, 0.2) is 54.7 Å². The van der Waals surface area contributed by atoms with E-state index in [9.17, 15) is 103 Å². The predicted molar refractivity (Wildman–Crippen MR) is 315 cm³/mol. The van der Waals surface area contributed by atoms with Crippen molar-refractivity contribution in [2.45, 2.75) is 159 Å². The number of hydrogen-bond acceptors (Lipinski definition) is 19. The monoisotopic (exact) mass is 1270 g/mol. The third kappa shape index (κ3) is 23.0. The summed E-state index contributed by atoms with van der Waals surface area (Å²) in [5, 5.41) is 104. The number of amides is 10. The van der Waals surface area contributed by atoms with E-state index in [1.165, 1.54) is 38.1 Å². The van der Waals surface area contributed by atoms with E-state index in [4.69, 9.17) is 5.73 Å². The molecule has 10 amide bonds. The number of phenolic OH excluding ortho intramolecular Hbond substituents is 1. The lowest BCUT2D eigenvalue weighted by atomic mass is 9.97. The fraction of sp³-hybridized carbons (Fsp3) is 0.526. The number of aliphatic carboxylic acids is 3. The van der Waals surface area contributed by atoms with Gasteiger partial charge in [-0.2, -0.15) is 0 Å². The molecule has 0 aliphatic rings. The normalized spacial score (nSPS) is 15.9. The van der Waals surface area contributed by atoms with Gasteiger partial charge in [-0.3, -0.25) is 57.5 Å². The molecule has 0 bridgehead atoms. The van der Waals surface area contributed by atoms with Crippen LogP contribution in [0.3, 0.4) is 0 Å². The minimum Gasteiger partial charge on any atom is -0.508 e. The summed E-state index contributed by atoms with van der Waals surface area (Å²) in [7, 11) is 0. The first-order chi connectivity index (χ1) is 42.4. The zero-order valence-electron chi connectivity index (χ0n) is 50.3. The van der Waals surface area contributed by atoms with Gasteiger partial charge in [-0.1, -0.05) is 70.9 Å². The summed E-state index contributed by atoms with van der Waals surface area (Å²) in [5.41, 5.74) is 7.10. The molecule has 0 saturated heterocycles. The van der Waals surface area contributed by atoms with E-state index < -0.39 is 207 Å². The van der Waals surface area contributed by atoms with Gasteiger partial charge < -0.3 is 105 Å². The Labute approximate surface area is 515 Å². The van der Waals surface area contributed by atoms with Crippen molar-refractivity contribution >= 4 is 87.9 Å². The number of aliphatic hydroxyl groups is 4. The lowest BCUT2D eigenvalue weighted by molar-refractivity contribution is -0.142. The van der Waals surface area contributed by atoms with Crippen LogP contribution in [0.2, 0.25) is 0 Å². The maximum atomic E-state index is 14.2. The van der Waals surface area contributed by atoms with Crippen LogP contribution in [0, 0.1) is 11.8 Å². The summed E-state index contributed by atoms with van der Waals surface area (Å²) in [6, 6.07) is -6.80. The predicted octanol–water partition coefficient (Wildman–Crippen LogP) is -5.27. The topological polar surface area (TPSA) is 546 Å². The number of carboxylic acids is 3. The molecule has 1 heterocycles. The van der Waals surface area contributed by atoms with Crippen LogP contribution in [-0.2, 0) is 75.2 Å². The molecule has 21 N–H and O–H groups in total. The number of benzene rings is 2. The number of para-hydroxylation sites is 1. The number of aliphatic hydroxyl groups excluding tert-OH is 4. The Morgan fingerprint density at radius 1 is 0.478 bits per heavy atom. The van der Waals surface area contributed by atoms with E-state index in [2.05, 4.69) is 47.5 Å². The average Bonchev–Trinajstić information content (AvgIpc) is 2.37. The second-order valence-electron chi connectivity index (χ2n) is 21.5. The highest BCUT2D eigenvalue weighted by Crippen LogP contribution is 2.20. The van der Waals surface area contributed by atoms with Gasteiger partial charge in [-0.05, 0) is 61.4 Å². The summed E-state index contributed by atoms with van der Waals surface area (Å²) >= 11 is 0. The van der Waals surface area contributed by atoms with Crippen molar-refractivity contribution in [3.63, 3.8) is 0 Å². The molecule has 3 aromatic rings. The molecule has 14 atom stereocenters. The third-order valence-electron chi connectivity index (χ3n) is 14.5. The Morgan fingerprint density at radius 3 is 1.36 bits per heavy atom. The molecule has 496 valence electrons. The molecule has 1 aromatic heterocycles. The van der Waals surface area contributed by atoms with E-state index in [-0.39, 0.29) is 30.6 Å². The van der Waals surface area contributed by atoms with Gasteiger partial charge in [0.2, 0.25) is 59.1 Å². The van der Waals surface area contributed by atoms with Crippen molar-refractivity contribution in [2.24, 2.45) is 17.6 Å². The van der Waals surface area contributed by atoms with E-state index in [1.54, 1.807) is 51.2 Å². The standard InChI is InChI=1S/C57H82N12O21/c1-7-26(3)44(54(86)63-38(57(89)90)20-31-22-59-34-12-10-9-11-33(31)34)68-53(85)41(25-72)66-56(88)46(29(6)73)69-50(82)36(19-30-13-15-32(74)16-14-30)61-49(81)37(21-43(77)78)62-51(83)39(23-70)64-52(84)40(24-71)65-55(87)45(27(4)8-2)67-48(80)35(17-18-42(75)76)60-47(79)28(5)58/h9-16,22,26-29,35-41,44-46,59,70-74H,7-8,17-21,23-25,58H2,1-6H3,(H,60,79)(H,61,81)(H,62,83)(H,63,86)(H,64,84)(H,65,87)(H,66,88)(H,67,80)(H,68,85)(H,69,82)(H,75,76)(H,77,78)(H,89,90)/t26-,27-,28-,29+,35-,36-,37-,38-,39-,40-,41-,44-,45-,46-/m0/s1. The number of nitrogens with one attached hydrogen (secondary N) is 11. The minimum atomic E-state index is -2.14. The van der Waals surface area contributed by atoms with Crippen LogP contribution < -0.4 is 58.9 Å². The molecule has 33 nitrogen and oxygen atoms in total. The fourth-order valence-corrected chi connectivity index (χ4v) is 8.78. The van der Waals surface area contributed by atoms with Gasteiger partial charge in [0.25, 0.3) is 0 Å². The lowest BCUT2D eigenvalue weighted by Crippen LogP contribution is -2.63. The third-order valence-corrected chi connectivity index (χ3v) is 14.5. The Bertz CT molecular complexity index is 3010. The number of aromatic nitrogens is 1. The number of aromatic hydroxyl groups is 1. The first kappa shape index (κ1) is 74.9. The molecule has 2 aromatic carbocycles. The summed E-state index contributed by atoms with van der Waals surface area (Å²) in [6.07, 6.45) is -2.63. The molecule has 0 aliphatic heterocycles. The number of nitrogens with two attached hydrogens (primary N) is 1. The van der Waals surface area contributed by atoms with Gasteiger partial charge in [0.15, 0.2) is 0 Å². The SMILES string of the molecule is CC[C@H](C)[C@H](NC(=O)[C@H](CO)NC(=O)[C@@H](NC(=O)[C@H](Cc1ccc(O)cc1)NC(=O)[C@H](CC(=O)O)NC(=O)[C@H](CO)NC(=O)[C@H](CO)NC(=O)[C@@H](NC(=O)[C@H](CCC(=O)O)NC(=O)[C@H](C)N)[C@@H](C)CC)[C@@H](C)O)C(=O)N[C@@H](Cc1c[nH]c2ccccc12)C(=O)O. The lowest BCUT2D eigenvalue weighted by Gasteiger charge is -2.29. The number of carbonyl (C=O) groups excluding carboxylic acids is 10. The number of fused-ring (bicyclic) bond motifs is 1. The molecule has 90 heavy (non-hydrogen) atoms. The Hall–Kier alpha value is -9.31. The number of rotatable bonds is 38. The highest BCUT2D eigenvalue weighted by molar-refractivity contribution is 6.00. The van der Waals surface area contributed by atoms with Gasteiger partial charge >= 0.3 is 17.9 Å². The second kappa shape index (κ2) is 36.2. The van der Waals surface area contributed by atoms with Crippen molar-refractivity contribution in [2.75, 3.05) is 19.8 Å². The van der Waals surface area contributed by atoms with Crippen LogP contribution in [0.4, 0.5) is 0 Å². The van der Waals surface area contributed by atoms with Crippen molar-refractivity contribution in [3.8, 4) is 5.75 Å². The summed E-state index contributed by atoms with van der Waals surface area (Å²) in [4.78, 5) is 175. The molecule has 0 fully saturated rings. The fourth-order valence-electron chi connectivity index (χ4n) is 8.78. The first-order valence-electron chi connectivity index (χ1n) is 28.7. The quantitative estimate of drug-likeness (QED) is 0.0255. The molecule has 0 saturated carbocycles. The number of hydrogen-bond donors (Lipinski definition) is 20. The zero-order valence-corrected chi connectivity index (χ0v) is 50.3. The highest BCUT2D eigenvalue weighted by Gasteiger charge is 2.39. The highest BCUT2D eigenvalue weighted by atomic mass is 16.4. The maximum Gasteiger partial charge on any atom is 0.326 e. The van der Waals surface area contributed by atoms with E-state index in [1.807, 2.05) is 10.6 Å². The Morgan fingerprint density at radius 2 is 0.889 bits per heavy atom. The molecule has 3 rings (SSSR count). The van der Waals surface area contributed by atoms with Gasteiger partial charge in [0.05, 0.1) is 38.4 Å². The van der Waals surface area contributed by atoms with E-state index in [0.29, 0.717) is 10.9 Å². The summed E-state index contributed by atoms with van der Waals surface area (Å²) in [6.45, 7) is 5.18. The number of phenols is 1. The molecule has 0 radical (unpaired) electrons. The van der Waals surface area contributed by atoms with Crippen LogP contribution in [0.1, 0.15) is 84.8 Å². The smallest absolute Gasteiger partial charge is 0.326 e. The number of carbonyl (C=O) groups is 13. The van der Waals surface area contributed by atoms with Gasteiger partial charge in [-0.25, -0.2) is 4.79 Å².